The van der Waals surface area contributed by atoms with Crippen molar-refractivity contribution >= 4 is 16.7 Å². The molecule has 0 amide bonds. The van der Waals surface area contributed by atoms with E-state index in [1.54, 1.807) is 42.1 Å². The van der Waals surface area contributed by atoms with Crippen molar-refractivity contribution in [3.05, 3.63) is 58.6 Å². The molecular weight excluding hydrogens is 435 g/mol. The second kappa shape index (κ2) is 10.8. The number of ketones is 1. The van der Waals surface area contributed by atoms with E-state index >= 15 is 4.39 Å². The molecule has 0 saturated carbocycles. The molecule has 180 valence electrons. The highest BCUT2D eigenvalue weighted by Gasteiger charge is 2.21. The second-order valence-corrected chi connectivity index (χ2v) is 8.78. The summed E-state index contributed by atoms with van der Waals surface area (Å²) in [5.41, 5.74) is 0.860. The van der Waals surface area contributed by atoms with Crippen LogP contribution in [0.1, 0.15) is 32.6 Å². The number of carbonyl (C=O) groups is 1. The first-order chi connectivity index (χ1) is 16.5. The van der Waals surface area contributed by atoms with Crippen molar-refractivity contribution in [1.82, 2.24) is 9.88 Å². The standard InChI is InChI=1S/C27H31FN2O4/c1-3-14-34-24-9-8-23(28)25-26(24)30(16-20(31)15-18-10-12-29-13-11-18)17-22(27(25)32)19-4-6-21(33-2)7-5-19/h4-9,17-18,29H,3,10-16H2,1-2H3. The van der Waals surface area contributed by atoms with Crippen molar-refractivity contribution in [3.63, 3.8) is 0 Å². The van der Waals surface area contributed by atoms with Crippen LogP contribution < -0.4 is 20.2 Å². The third kappa shape index (κ3) is 5.14. The zero-order valence-corrected chi connectivity index (χ0v) is 19.7. The number of Topliss-reactive ketones (excluding diaryl/α,β-unsaturated/α-hetero) is 1. The Kier molecular flexibility index (Phi) is 7.63. The van der Waals surface area contributed by atoms with E-state index in [1.165, 1.54) is 12.1 Å². The maximum Gasteiger partial charge on any atom is 0.200 e. The maximum atomic E-state index is 15.1. The molecule has 7 heteroatoms. The van der Waals surface area contributed by atoms with Crippen LogP contribution in [0.4, 0.5) is 4.39 Å². The van der Waals surface area contributed by atoms with Crippen LogP contribution >= 0.6 is 0 Å². The summed E-state index contributed by atoms with van der Waals surface area (Å²) < 4.78 is 27.8. The fraction of sp³-hybridized carbons (Fsp3) is 0.407. The molecule has 0 aliphatic carbocycles. The summed E-state index contributed by atoms with van der Waals surface area (Å²) in [4.78, 5) is 26.5. The number of nitrogens with one attached hydrogen (secondary N) is 1. The van der Waals surface area contributed by atoms with E-state index < -0.39 is 11.2 Å². The van der Waals surface area contributed by atoms with E-state index in [0.29, 0.717) is 47.1 Å². The number of nitrogens with zero attached hydrogens (tertiary/aromatic N) is 1. The van der Waals surface area contributed by atoms with Gasteiger partial charge in [-0.15, -0.1) is 0 Å². The number of hydrogen-bond donors (Lipinski definition) is 1. The minimum absolute atomic E-state index is 0.0514. The molecule has 1 aliphatic heterocycles. The molecular formula is C27H31FN2O4. The summed E-state index contributed by atoms with van der Waals surface area (Å²) in [6, 6.07) is 9.82. The van der Waals surface area contributed by atoms with Crippen molar-refractivity contribution in [2.45, 2.75) is 39.2 Å². The Balaban J connectivity index is 1.82. The Labute approximate surface area is 198 Å². The number of aromatic nitrogens is 1. The lowest BCUT2D eigenvalue weighted by Crippen LogP contribution is -2.29. The van der Waals surface area contributed by atoms with Crippen LogP contribution in [0.5, 0.6) is 11.5 Å². The minimum atomic E-state index is -0.626. The highest BCUT2D eigenvalue weighted by molar-refractivity contribution is 5.91. The van der Waals surface area contributed by atoms with E-state index in [0.717, 1.165) is 32.4 Å². The Hall–Kier alpha value is -3.19. The number of methoxy groups -OCH3 is 1. The first-order valence-electron chi connectivity index (χ1n) is 11.9. The predicted octanol–water partition coefficient (Wildman–Crippen LogP) is 4.56. The topological polar surface area (TPSA) is 69.6 Å². The molecule has 1 fully saturated rings. The number of ether oxygens (including phenoxy) is 2. The Morgan fingerprint density at radius 1 is 1.15 bits per heavy atom. The second-order valence-electron chi connectivity index (χ2n) is 8.78. The Morgan fingerprint density at radius 2 is 1.88 bits per heavy atom. The zero-order valence-electron chi connectivity index (χ0n) is 19.7. The third-order valence-corrected chi connectivity index (χ3v) is 6.32. The quantitative estimate of drug-likeness (QED) is 0.501. The molecule has 3 aromatic rings. The lowest BCUT2D eigenvalue weighted by molar-refractivity contribution is -0.120. The summed E-state index contributed by atoms with van der Waals surface area (Å²) in [7, 11) is 1.57. The average Bonchev–Trinajstić information content (AvgIpc) is 2.85. The Bertz CT molecular complexity index is 1210. The first kappa shape index (κ1) is 24.0. The molecule has 1 aliphatic rings. The van der Waals surface area contributed by atoms with Crippen molar-refractivity contribution in [1.29, 1.82) is 0 Å². The van der Waals surface area contributed by atoms with Gasteiger partial charge in [-0.1, -0.05) is 19.1 Å². The molecule has 0 radical (unpaired) electrons. The number of benzene rings is 2. The van der Waals surface area contributed by atoms with Crippen LogP contribution in [0.15, 0.2) is 47.4 Å². The fourth-order valence-electron chi connectivity index (χ4n) is 4.55. The molecule has 1 saturated heterocycles. The highest BCUT2D eigenvalue weighted by atomic mass is 19.1. The maximum absolute atomic E-state index is 15.1. The fourth-order valence-corrected chi connectivity index (χ4v) is 4.55. The van der Waals surface area contributed by atoms with Crippen molar-refractivity contribution in [3.8, 4) is 22.6 Å². The predicted molar refractivity (Wildman–Crippen MR) is 131 cm³/mol. The van der Waals surface area contributed by atoms with E-state index in [-0.39, 0.29) is 17.7 Å². The highest BCUT2D eigenvalue weighted by Crippen LogP contribution is 2.30. The largest absolute Gasteiger partial charge is 0.497 e. The molecule has 34 heavy (non-hydrogen) atoms. The molecule has 0 atom stereocenters. The van der Waals surface area contributed by atoms with Gasteiger partial charge in [-0.05, 0) is 68.1 Å². The number of piperidine rings is 1. The van der Waals surface area contributed by atoms with Crippen molar-refractivity contribution < 1.29 is 18.7 Å². The molecule has 1 aromatic heterocycles. The van der Waals surface area contributed by atoms with Gasteiger partial charge in [-0.3, -0.25) is 9.59 Å². The first-order valence-corrected chi connectivity index (χ1v) is 11.9. The Morgan fingerprint density at radius 3 is 2.56 bits per heavy atom. The smallest absolute Gasteiger partial charge is 0.200 e. The van der Waals surface area contributed by atoms with Crippen molar-refractivity contribution in [2.75, 3.05) is 26.8 Å². The molecule has 0 spiro atoms. The zero-order chi connectivity index (χ0) is 24.1. The number of rotatable bonds is 9. The number of fused-ring (bicyclic) bond motifs is 1. The molecule has 2 aromatic carbocycles. The molecule has 6 nitrogen and oxygen atoms in total. The molecule has 0 unspecified atom stereocenters. The van der Waals surface area contributed by atoms with Gasteiger partial charge in [-0.25, -0.2) is 4.39 Å². The van der Waals surface area contributed by atoms with E-state index in [4.69, 9.17) is 9.47 Å². The van der Waals surface area contributed by atoms with Crippen LogP contribution in [-0.2, 0) is 11.3 Å². The van der Waals surface area contributed by atoms with Gasteiger partial charge in [0.05, 0.1) is 31.2 Å². The van der Waals surface area contributed by atoms with E-state index in [1.807, 2.05) is 6.92 Å². The summed E-state index contributed by atoms with van der Waals surface area (Å²) in [5.74, 6) is 0.838. The average molecular weight is 467 g/mol. The number of pyridine rings is 1. The normalized spacial score (nSPS) is 14.3. The molecule has 4 rings (SSSR count). The minimum Gasteiger partial charge on any atom is -0.497 e. The summed E-state index contributed by atoms with van der Waals surface area (Å²) >= 11 is 0. The van der Waals surface area contributed by atoms with Gasteiger partial charge in [0.1, 0.15) is 17.3 Å². The van der Waals surface area contributed by atoms with Crippen LogP contribution in [0.25, 0.3) is 22.0 Å². The van der Waals surface area contributed by atoms with Crippen LogP contribution in [0, 0.1) is 11.7 Å². The van der Waals surface area contributed by atoms with Gasteiger partial charge < -0.3 is 19.4 Å². The lowest BCUT2D eigenvalue weighted by atomic mass is 9.92. The summed E-state index contributed by atoms with van der Waals surface area (Å²) in [5, 5.41) is 3.26. The van der Waals surface area contributed by atoms with Crippen LogP contribution in [0.2, 0.25) is 0 Å². The van der Waals surface area contributed by atoms with Gasteiger partial charge in [0.2, 0.25) is 0 Å². The number of halogens is 1. The third-order valence-electron chi connectivity index (χ3n) is 6.32. The van der Waals surface area contributed by atoms with Gasteiger partial charge in [-0.2, -0.15) is 0 Å². The van der Waals surface area contributed by atoms with Gasteiger partial charge in [0, 0.05) is 18.2 Å². The van der Waals surface area contributed by atoms with Crippen LogP contribution in [-0.4, -0.2) is 37.2 Å². The van der Waals surface area contributed by atoms with Crippen molar-refractivity contribution in [2.24, 2.45) is 5.92 Å². The number of hydrogen-bond acceptors (Lipinski definition) is 5. The molecule has 2 heterocycles. The monoisotopic (exact) mass is 466 g/mol. The van der Waals surface area contributed by atoms with Gasteiger partial charge >= 0.3 is 0 Å². The SMILES string of the molecule is CCCOc1ccc(F)c2c(=O)c(-c3ccc(OC)cc3)cn(CC(=O)CC3CCNCC3)c12. The van der Waals surface area contributed by atoms with E-state index in [9.17, 15) is 9.59 Å². The van der Waals surface area contributed by atoms with Gasteiger partial charge in [0.25, 0.3) is 0 Å². The lowest BCUT2D eigenvalue weighted by Gasteiger charge is -2.22. The number of carbonyl (C=O) groups excluding carboxylic acids is 1. The molecule has 1 N–H and O–H groups in total. The summed E-state index contributed by atoms with van der Waals surface area (Å²) in [6.07, 6.45) is 4.82. The van der Waals surface area contributed by atoms with Crippen LogP contribution in [0.3, 0.4) is 0 Å². The molecule has 0 bridgehead atoms. The van der Waals surface area contributed by atoms with E-state index in [2.05, 4.69) is 5.32 Å². The van der Waals surface area contributed by atoms with Gasteiger partial charge in [0.15, 0.2) is 11.2 Å². The summed E-state index contributed by atoms with van der Waals surface area (Å²) in [6.45, 7) is 4.29.